The Morgan fingerprint density at radius 2 is 2.06 bits per heavy atom. The van der Waals surface area contributed by atoms with Gasteiger partial charge in [-0.1, -0.05) is 45.1 Å². The fourth-order valence-electron chi connectivity index (χ4n) is 2.02. The molecule has 0 saturated carbocycles. The Hall–Kier alpha value is -1.25. The van der Waals surface area contributed by atoms with Crippen LogP contribution < -0.4 is 5.73 Å². The highest BCUT2D eigenvalue weighted by atomic mass is 16.5. The quantitative estimate of drug-likeness (QED) is 0.639. The van der Waals surface area contributed by atoms with Gasteiger partial charge in [-0.05, 0) is 25.0 Å². The maximum atomic E-state index is 11.1. The van der Waals surface area contributed by atoms with Gasteiger partial charge in [-0.25, -0.2) is 0 Å². The van der Waals surface area contributed by atoms with Gasteiger partial charge in [-0.15, -0.1) is 0 Å². The van der Waals surface area contributed by atoms with Gasteiger partial charge >= 0.3 is 0 Å². The highest BCUT2D eigenvalue weighted by Crippen LogP contribution is 2.17. The van der Waals surface area contributed by atoms with Crippen molar-refractivity contribution in [2.24, 2.45) is 11.7 Å². The second-order valence-corrected chi connectivity index (χ2v) is 4.83. The van der Waals surface area contributed by atoms with Crippen LogP contribution >= 0.6 is 0 Å². The second-order valence-electron chi connectivity index (χ2n) is 4.83. The Balaban J connectivity index is 2.11. The third-order valence-electron chi connectivity index (χ3n) is 3.17. The zero-order chi connectivity index (χ0) is 13.2. The number of ether oxygens (including phenoxy) is 1. The number of hydrogen-bond donors (Lipinski definition) is 1. The Kier molecular flexibility index (Phi) is 7.23. The number of hydrogen-bond acceptors (Lipinski definition) is 2. The van der Waals surface area contributed by atoms with Crippen LogP contribution in [0.2, 0.25) is 0 Å². The molecule has 18 heavy (non-hydrogen) atoms. The summed E-state index contributed by atoms with van der Waals surface area (Å²) in [7, 11) is 0. The predicted octanol–water partition coefficient (Wildman–Crippen LogP) is 3.31. The van der Waals surface area contributed by atoms with Crippen molar-refractivity contribution in [3.63, 3.8) is 0 Å². The Morgan fingerprint density at radius 1 is 1.33 bits per heavy atom. The molecule has 1 atom stereocenters. The SMILES string of the molecule is CCCCCCCCOC1=CC(C(N)=O)CC=C1. The summed E-state index contributed by atoms with van der Waals surface area (Å²) >= 11 is 0. The van der Waals surface area contributed by atoms with E-state index >= 15 is 0 Å². The molecular formula is C15H25NO2. The molecule has 1 amide bonds. The molecule has 0 radical (unpaired) electrons. The summed E-state index contributed by atoms with van der Waals surface area (Å²) in [6, 6.07) is 0. The molecule has 3 heteroatoms. The van der Waals surface area contributed by atoms with E-state index in [0.29, 0.717) is 6.42 Å². The Bertz CT molecular complexity index is 308. The van der Waals surface area contributed by atoms with Crippen molar-refractivity contribution in [1.29, 1.82) is 0 Å². The average molecular weight is 251 g/mol. The second kappa shape index (κ2) is 8.78. The van der Waals surface area contributed by atoms with Crippen molar-refractivity contribution in [3.05, 3.63) is 24.0 Å². The lowest BCUT2D eigenvalue weighted by molar-refractivity contribution is -0.120. The third kappa shape index (κ3) is 5.89. The summed E-state index contributed by atoms with van der Waals surface area (Å²) in [6.45, 7) is 2.95. The minimum Gasteiger partial charge on any atom is -0.494 e. The maximum Gasteiger partial charge on any atom is 0.224 e. The van der Waals surface area contributed by atoms with E-state index in [1.165, 1.54) is 32.1 Å². The number of allylic oxidation sites excluding steroid dienone is 2. The van der Waals surface area contributed by atoms with Crippen LogP contribution in [0, 0.1) is 5.92 Å². The van der Waals surface area contributed by atoms with E-state index in [-0.39, 0.29) is 11.8 Å². The van der Waals surface area contributed by atoms with Crippen molar-refractivity contribution in [1.82, 2.24) is 0 Å². The summed E-state index contributed by atoms with van der Waals surface area (Å²) in [5.74, 6) is 0.313. The van der Waals surface area contributed by atoms with Gasteiger partial charge < -0.3 is 10.5 Å². The number of carbonyl (C=O) groups excluding carboxylic acids is 1. The number of rotatable bonds is 9. The number of amides is 1. The van der Waals surface area contributed by atoms with Crippen LogP contribution in [-0.4, -0.2) is 12.5 Å². The molecule has 102 valence electrons. The Labute approximate surface area is 110 Å². The van der Waals surface area contributed by atoms with E-state index in [1.807, 2.05) is 18.2 Å². The van der Waals surface area contributed by atoms with Crippen LogP contribution in [0.3, 0.4) is 0 Å². The zero-order valence-electron chi connectivity index (χ0n) is 11.4. The molecule has 0 aromatic heterocycles. The first kappa shape index (κ1) is 14.8. The first-order valence-corrected chi connectivity index (χ1v) is 7.04. The summed E-state index contributed by atoms with van der Waals surface area (Å²) in [5, 5.41) is 0. The molecule has 0 heterocycles. The summed E-state index contributed by atoms with van der Waals surface area (Å²) in [6.07, 6.45) is 13.9. The van der Waals surface area contributed by atoms with E-state index in [4.69, 9.17) is 10.5 Å². The van der Waals surface area contributed by atoms with Crippen molar-refractivity contribution >= 4 is 5.91 Å². The van der Waals surface area contributed by atoms with Gasteiger partial charge in [0.25, 0.3) is 0 Å². The minimum absolute atomic E-state index is 0.199. The highest BCUT2D eigenvalue weighted by molar-refractivity contribution is 5.79. The first-order valence-electron chi connectivity index (χ1n) is 7.04. The summed E-state index contributed by atoms with van der Waals surface area (Å²) < 4.78 is 5.64. The smallest absolute Gasteiger partial charge is 0.224 e. The molecular weight excluding hydrogens is 226 g/mol. The highest BCUT2D eigenvalue weighted by Gasteiger charge is 2.15. The molecule has 3 nitrogen and oxygen atoms in total. The number of unbranched alkanes of at least 4 members (excludes halogenated alkanes) is 5. The molecule has 0 spiro atoms. The third-order valence-corrected chi connectivity index (χ3v) is 3.17. The zero-order valence-corrected chi connectivity index (χ0v) is 11.4. The lowest BCUT2D eigenvalue weighted by Crippen LogP contribution is -2.22. The van der Waals surface area contributed by atoms with Gasteiger partial charge in [-0.2, -0.15) is 0 Å². The Morgan fingerprint density at radius 3 is 2.78 bits per heavy atom. The van der Waals surface area contributed by atoms with Crippen molar-refractivity contribution in [3.8, 4) is 0 Å². The van der Waals surface area contributed by atoms with E-state index in [2.05, 4.69) is 6.92 Å². The normalized spacial score (nSPS) is 18.5. The van der Waals surface area contributed by atoms with Crippen molar-refractivity contribution in [2.75, 3.05) is 6.61 Å². The molecule has 1 aliphatic carbocycles. The maximum absolute atomic E-state index is 11.1. The largest absolute Gasteiger partial charge is 0.494 e. The lowest BCUT2D eigenvalue weighted by atomic mass is 9.99. The number of nitrogens with two attached hydrogens (primary N) is 1. The van der Waals surface area contributed by atoms with E-state index in [9.17, 15) is 4.79 Å². The van der Waals surface area contributed by atoms with Gasteiger partial charge in [-0.3, -0.25) is 4.79 Å². The van der Waals surface area contributed by atoms with E-state index in [1.54, 1.807) is 0 Å². The van der Waals surface area contributed by atoms with Crippen LogP contribution in [0.4, 0.5) is 0 Å². The lowest BCUT2D eigenvalue weighted by Gasteiger charge is -2.14. The van der Waals surface area contributed by atoms with Gasteiger partial charge in [0, 0.05) is 0 Å². The topological polar surface area (TPSA) is 52.3 Å². The van der Waals surface area contributed by atoms with Crippen LogP contribution in [0.25, 0.3) is 0 Å². The number of carbonyl (C=O) groups is 1. The average Bonchev–Trinajstić information content (AvgIpc) is 2.38. The van der Waals surface area contributed by atoms with E-state index in [0.717, 1.165) is 18.8 Å². The molecule has 0 fully saturated rings. The number of primary amides is 1. The fraction of sp³-hybridized carbons (Fsp3) is 0.667. The van der Waals surface area contributed by atoms with Crippen LogP contribution in [0.15, 0.2) is 24.0 Å². The summed E-state index contributed by atoms with van der Waals surface area (Å²) in [4.78, 5) is 11.1. The molecule has 1 rings (SSSR count). The molecule has 0 bridgehead atoms. The monoisotopic (exact) mass is 251 g/mol. The van der Waals surface area contributed by atoms with Crippen LogP contribution in [-0.2, 0) is 9.53 Å². The van der Waals surface area contributed by atoms with Gasteiger partial charge in [0.1, 0.15) is 5.76 Å². The molecule has 0 aromatic rings. The predicted molar refractivity (Wildman–Crippen MR) is 73.9 cm³/mol. The molecule has 1 unspecified atom stereocenters. The standard InChI is InChI=1S/C15H25NO2/c1-2-3-4-5-6-7-11-18-14-10-8-9-13(12-14)15(16)17/h8,10,12-13H,2-7,9,11H2,1H3,(H2,16,17). The van der Waals surface area contributed by atoms with Crippen LogP contribution in [0.5, 0.6) is 0 Å². The van der Waals surface area contributed by atoms with Crippen molar-refractivity contribution < 1.29 is 9.53 Å². The summed E-state index contributed by atoms with van der Waals surface area (Å²) in [5.41, 5.74) is 5.28. The van der Waals surface area contributed by atoms with Gasteiger partial charge in [0.05, 0.1) is 12.5 Å². The minimum atomic E-state index is -0.278. The van der Waals surface area contributed by atoms with E-state index < -0.39 is 0 Å². The molecule has 0 aromatic carbocycles. The molecule has 2 N–H and O–H groups in total. The molecule has 0 aliphatic heterocycles. The molecule has 1 aliphatic rings. The van der Waals surface area contributed by atoms with Crippen LogP contribution in [0.1, 0.15) is 51.9 Å². The molecule has 0 saturated heterocycles. The van der Waals surface area contributed by atoms with Crippen molar-refractivity contribution in [2.45, 2.75) is 51.9 Å². The fourth-order valence-corrected chi connectivity index (χ4v) is 2.02. The van der Waals surface area contributed by atoms with Gasteiger partial charge in [0.2, 0.25) is 5.91 Å². The van der Waals surface area contributed by atoms with Gasteiger partial charge in [0.15, 0.2) is 0 Å². The first-order chi connectivity index (χ1) is 8.74.